The molecule has 0 aromatic heterocycles. The van der Waals surface area contributed by atoms with Gasteiger partial charge in [-0.3, -0.25) is 9.55 Å². The van der Waals surface area contributed by atoms with E-state index in [1.54, 1.807) is 0 Å². The highest BCUT2D eigenvalue weighted by atomic mass is 32.2. The summed E-state index contributed by atoms with van der Waals surface area (Å²) in [5, 5.41) is 6.85. The number of rotatable bonds is 1. The van der Waals surface area contributed by atoms with Gasteiger partial charge in [-0.1, -0.05) is 30.3 Å². The highest BCUT2D eigenvalue weighted by Gasteiger charge is 2.13. The van der Waals surface area contributed by atoms with Crippen LogP contribution in [0.5, 0.6) is 0 Å². The van der Waals surface area contributed by atoms with Gasteiger partial charge >= 0.3 is 0 Å². The number of amidine groups is 1. The van der Waals surface area contributed by atoms with Crippen molar-refractivity contribution in [3.05, 3.63) is 42.0 Å². The van der Waals surface area contributed by atoms with Crippen LogP contribution in [0.4, 0.5) is 0 Å². The summed E-state index contributed by atoms with van der Waals surface area (Å²) in [6.07, 6.45) is 2.81. The Morgan fingerprint density at radius 3 is 2.30 bits per heavy atom. The molecule has 0 saturated carbocycles. The molecule has 3 N–H and O–H groups in total. The molecule has 23 heavy (non-hydrogen) atoms. The number of nitrogens with zero attached hydrogens (tertiary/aromatic N) is 1. The highest BCUT2D eigenvalue weighted by Crippen LogP contribution is 2.12. The summed E-state index contributed by atoms with van der Waals surface area (Å²) in [5.41, 5.74) is 2.35. The van der Waals surface area contributed by atoms with Crippen molar-refractivity contribution in [3.8, 4) is 0 Å². The lowest BCUT2D eigenvalue weighted by molar-refractivity contribution is 0.490. The van der Waals surface area contributed by atoms with Crippen LogP contribution in [-0.2, 0) is 10.1 Å². The molecule has 1 aromatic rings. The molecule has 0 bridgehead atoms. The van der Waals surface area contributed by atoms with Crippen molar-refractivity contribution < 1.29 is 13.0 Å². The van der Waals surface area contributed by atoms with Crippen LogP contribution in [-0.4, -0.2) is 43.7 Å². The Morgan fingerprint density at radius 2 is 1.78 bits per heavy atom. The molecule has 0 unspecified atom stereocenters. The van der Waals surface area contributed by atoms with Crippen molar-refractivity contribution >= 4 is 21.7 Å². The topological polar surface area (TPSA) is 90.8 Å². The van der Waals surface area contributed by atoms with Crippen molar-refractivity contribution in [3.63, 3.8) is 0 Å². The lowest BCUT2D eigenvalue weighted by atomic mass is 10.1. The summed E-state index contributed by atoms with van der Waals surface area (Å²) in [4.78, 5) is 4.55. The second-order valence-electron chi connectivity index (χ2n) is 6.23. The van der Waals surface area contributed by atoms with Gasteiger partial charge in [0.25, 0.3) is 10.1 Å². The average Bonchev–Trinajstić information content (AvgIpc) is 2.61. The van der Waals surface area contributed by atoms with Crippen LogP contribution in [0.3, 0.4) is 0 Å². The SMILES string of the molecule is CC(C)(C)NC1=NCCNC(c2ccccc2)=C1.CS(=O)(=O)O. The summed E-state index contributed by atoms with van der Waals surface area (Å²) in [6, 6.07) is 10.4. The van der Waals surface area contributed by atoms with Gasteiger partial charge in [0, 0.05) is 23.9 Å². The number of hydrogen-bond donors (Lipinski definition) is 3. The Balaban J connectivity index is 0.000000463. The summed E-state index contributed by atoms with van der Waals surface area (Å²) >= 11 is 0. The van der Waals surface area contributed by atoms with E-state index in [4.69, 9.17) is 4.55 Å². The molecule has 0 aliphatic carbocycles. The van der Waals surface area contributed by atoms with Crippen LogP contribution in [0.15, 0.2) is 41.4 Å². The van der Waals surface area contributed by atoms with E-state index < -0.39 is 10.1 Å². The fourth-order valence-electron chi connectivity index (χ4n) is 1.86. The number of nitrogens with one attached hydrogen (secondary N) is 2. The van der Waals surface area contributed by atoms with Gasteiger partial charge in [0.1, 0.15) is 5.84 Å². The van der Waals surface area contributed by atoms with Crippen molar-refractivity contribution in [1.82, 2.24) is 10.6 Å². The zero-order valence-electron chi connectivity index (χ0n) is 14.0. The van der Waals surface area contributed by atoms with Gasteiger partial charge in [0.05, 0.1) is 12.8 Å². The standard InChI is InChI=1S/C15H21N3.CH4O3S/c1-15(2,3)18-14-11-13(16-9-10-17-14)12-7-5-4-6-8-12;1-5(2,3)4/h4-8,11,16H,9-10H2,1-3H3,(H,17,18);1H3,(H,2,3,4). The normalized spacial score (nSPS) is 15.2. The lowest BCUT2D eigenvalue weighted by Crippen LogP contribution is -2.40. The van der Waals surface area contributed by atoms with E-state index in [1.165, 1.54) is 5.56 Å². The Kier molecular flexibility index (Phi) is 6.78. The molecule has 0 atom stereocenters. The van der Waals surface area contributed by atoms with E-state index in [1.807, 2.05) is 6.07 Å². The Hall–Kier alpha value is -1.86. The van der Waals surface area contributed by atoms with Crippen molar-refractivity contribution in [2.75, 3.05) is 19.3 Å². The summed E-state index contributed by atoms with van der Waals surface area (Å²) in [6.45, 7) is 8.10. The van der Waals surface area contributed by atoms with Crippen molar-refractivity contribution in [2.24, 2.45) is 4.99 Å². The molecule has 0 amide bonds. The van der Waals surface area contributed by atoms with Crippen LogP contribution in [0.2, 0.25) is 0 Å². The maximum absolute atomic E-state index is 9.19. The molecule has 0 fully saturated rings. The molecule has 1 aromatic carbocycles. The molecule has 1 aliphatic rings. The first-order valence-corrected chi connectivity index (χ1v) is 9.15. The number of hydrogen-bond acceptors (Lipinski definition) is 5. The fourth-order valence-corrected chi connectivity index (χ4v) is 1.86. The third-order valence-corrected chi connectivity index (χ3v) is 2.58. The zero-order valence-corrected chi connectivity index (χ0v) is 14.8. The number of benzene rings is 1. The molecular weight excluding hydrogens is 314 g/mol. The molecule has 1 heterocycles. The van der Waals surface area contributed by atoms with Gasteiger partial charge in [-0.2, -0.15) is 8.42 Å². The molecular formula is C16H25N3O3S. The Bertz CT molecular complexity index is 652. The highest BCUT2D eigenvalue weighted by molar-refractivity contribution is 7.85. The van der Waals surface area contributed by atoms with Gasteiger partial charge in [0.15, 0.2) is 0 Å². The van der Waals surface area contributed by atoms with Crippen LogP contribution in [0, 0.1) is 0 Å². The second kappa shape index (κ2) is 8.12. The first kappa shape index (κ1) is 19.2. The molecule has 2 rings (SSSR count). The lowest BCUT2D eigenvalue weighted by Gasteiger charge is -2.22. The summed E-state index contributed by atoms with van der Waals surface area (Å²) < 4.78 is 25.9. The van der Waals surface area contributed by atoms with E-state index in [-0.39, 0.29) is 5.54 Å². The largest absolute Gasteiger partial charge is 0.383 e. The minimum absolute atomic E-state index is 0.0292. The maximum atomic E-state index is 9.19. The van der Waals surface area contributed by atoms with E-state index in [9.17, 15) is 8.42 Å². The van der Waals surface area contributed by atoms with E-state index in [0.717, 1.165) is 24.6 Å². The summed E-state index contributed by atoms with van der Waals surface area (Å²) in [5.74, 6) is 0.950. The van der Waals surface area contributed by atoms with Gasteiger partial charge in [-0.15, -0.1) is 0 Å². The molecule has 0 radical (unpaired) electrons. The Morgan fingerprint density at radius 1 is 1.22 bits per heavy atom. The zero-order chi connectivity index (χ0) is 17.5. The first-order valence-electron chi connectivity index (χ1n) is 7.31. The average molecular weight is 339 g/mol. The van der Waals surface area contributed by atoms with Crippen LogP contribution in [0.1, 0.15) is 26.3 Å². The van der Waals surface area contributed by atoms with E-state index in [0.29, 0.717) is 6.26 Å². The van der Waals surface area contributed by atoms with Crippen LogP contribution < -0.4 is 10.6 Å². The molecule has 1 aliphatic heterocycles. The van der Waals surface area contributed by atoms with Gasteiger partial charge in [-0.25, -0.2) is 0 Å². The van der Waals surface area contributed by atoms with Gasteiger partial charge in [0.2, 0.25) is 0 Å². The molecule has 6 nitrogen and oxygen atoms in total. The van der Waals surface area contributed by atoms with Crippen molar-refractivity contribution in [2.45, 2.75) is 26.3 Å². The molecule has 128 valence electrons. The minimum Gasteiger partial charge on any atom is -0.383 e. The smallest absolute Gasteiger partial charge is 0.261 e. The predicted molar refractivity (Wildman–Crippen MR) is 95.1 cm³/mol. The third-order valence-electron chi connectivity index (χ3n) is 2.58. The quantitative estimate of drug-likeness (QED) is 0.680. The molecule has 0 saturated heterocycles. The maximum Gasteiger partial charge on any atom is 0.261 e. The molecule has 0 spiro atoms. The van der Waals surface area contributed by atoms with E-state index in [2.05, 4.69) is 66.7 Å². The van der Waals surface area contributed by atoms with Crippen molar-refractivity contribution in [1.29, 1.82) is 0 Å². The third kappa shape index (κ3) is 9.70. The fraction of sp³-hybridized carbons (Fsp3) is 0.438. The van der Waals surface area contributed by atoms with Gasteiger partial charge < -0.3 is 10.6 Å². The minimum atomic E-state index is -3.67. The Labute approximate surface area is 138 Å². The second-order valence-corrected chi connectivity index (χ2v) is 7.69. The molecule has 7 heteroatoms. The van der Waals surface area contributed by atoms with E-state index >= 15 is 0 Å². The first-order chi connectivity index (χ1) is 10.5. The van der Waals surface area contributed by atoms with Crippen LogP contribution >= 0.6 is 0 Å². The predicted octanol–water partition coefficient (Wildman–Crippen LogP) is 1.92. The van der Waals surface area contributed by atoms with Gasteiger partial charge in [-0.05, 0) is 26.3 Å². The summed E-state index contributed by atoms with van der Waals surface area (Å²) in [7, 11) is -3.67. The monoisotopic (exact) mass is 339 g/mol. The number of aliphatic imine (C=N–C) groups is 1. The van der Waals surface area contributed by atoms with Crippen LogP contribution in [0.25, 0.3) is 5.70 Å².